The molecule has 0 aromatic rings. The molecule has 342 valence electrons. The number of phosphoric ester groups is 1. The van der Waals surface area contributed by atoms with Crippen LogP contribution in [0.2, 0.25) is 0 Å². The number of carbonyl (C=O) groups excluding carboxylic acids is 1. The number of aliphatic hydroxyl groups excluding tert-OH is 5. The number of carbonyl (C=O) groups is 1. The van der Waals surface area contributed by atoms with Crippen molar-refractivity contribution in [1.29, 1.82) is 0 Å². The second-order valence-corrected chi connectivity index (χ2v) is 16.2. The van der Waals surface area contributed by atoms with Crippen molar-refractivity contribution in [3.63, 3.8) is 0 Å². The Kier molecular flexibility index (Phi) is 34.0. The molecule has 1 rings (SSSR count). The third-order valence-electron chi connectivity index (χ3n) is 9.47. The molecule has 0 heterocycles. The lowest BCUT2D eigenvalue weighted by Gasteiger charge is -2.41. The second kappa shape index (κ2) is 36.9. The van der Waals surface area contributed by atoms with Crippen LogP contribution in [0.4, 0.5) is 0 Å². The molecule has 0 amide bonds. The lowest BCUT2D eigenvalue weighted by molar-refractivity contribution is -0.220. The van der Waals surface area contributed by atoms with Gasteiger partial charge in [-0.3, -0.25) is 13.8 Å². The maximum absolute atomic E-state index is 12.8. The largest absolute Gasteiger partial charge is 0.472 e. The molecule has 0 spiro atoms. The van der Waals surface area contributed by atoms with E-state index < -0.39 is 63.1 Å². The number of hydrogen-bond acceptors (Lipinski definition) is 11. The Hall–Kier alpha value is -2.74. The zero-order valence-electron chi connectivity index (χ0n) is 36.2. The summed E-state index contributed by atoms with van der Waals surface area (Å²) in [4.78, 5) is 23.1. The molecular formula is C47H77O12P. The molecule has 6 N–H and O–H groups in total. The van der Waals surface area contributed by atoms with Gasteiger partial charge in [0.25, 0.3) is 0 Å². The molecule has 0 saturated heterocycles. The lowest BCUT2D eigenvalue weighted by atomic mass is 9.85. The minimum Gasteiger partial charge on any atom is -0.457 e. The minimum atomic E-state index is -5.05. The zero-order chi connectivity index (χ0) is 44.1. The molecule has 0 aromatic carbocycles. The summed E-state index contributed by atoms with van der Waals surface area (Å²) < 4.78 is 34.0. The average Bonchev–Trinajstić information content (AvgIpc) is 3.23. The number of aliphatic hydroxyl groups is 5. The third kappa shape index (κ3) is 28.7. The molecule has 0 bridgehead atoms. The van der Waals surface area contributed by atoms with E-state index in [0.717, 1.165) is 96.3 Å². The van der Waals surface area contributed by atoms with E-state index >= 15 is 0 Å². The Morgan fingerprint density at radius 1 is 0.533 bits per heavy atom. The SMILES string of the molecule is CC/C=C\C/C=C\C/C=C\C/C=C\C/C=C\CCOCC(COP(=O)(O)OC1C(O)C(O)C(O)C(O)C1O)OC(=O)CCCCCCCCC/C=C\C/C=C\C/C=C\CC. The van der Waals surface area contributed by atoms with Gasteiger partial charge in [0.15, 0.2) is 0 Å². The number of esters is 1. The second-order valence-electron chi connectivity index (χ2n) is 14.8. The Morgan fingerprint density at radius 2 is 0.933 bits per heavy atom. The molecule has 12 nitrogen and oxygen atoms in total. The predicted molar refractivity (Wildman–Crippen MR) is 239 cm³/mol. The quantitative estimate of drug-likeness (QED) is 0.0154. The Morgan fingerprint density at radius 3 is 1.42 bits per heavy atom. The molecule has 1 aliphatic carbocycles. The summed E-state index contributed by atoms with van der Waals surface area (Å²) in [5.41, 5.74) is 0. The topological polar surface area (TPSA) is 192 Å². The van der Waals surface area contributed by atoms with E-state index in [-0.39, 0.29) is 19.6 Å². The monoisotopic (exact) mass is 865 g/mol. The highest BCUT2D eigenvalue weighted by atomic mass is 31.2. The Labute approximate surface area is 360 Å². The van der Waals surface area contributed by atoms with Gasteiger partial charge < -0.3 is 39.9 Å². The number of allylic oxidation sites excluding steroid dienone is 15. The Balaban J connectivity index is 2.48. The van der Waals surface area contributed by atoms with Crippen molar-refractivity contribution in [3.8, 4) is 0 Å². The smallest absolute Gasteiger partial charge is 0.457 e. The van der Waals surface area contributed by atoms with Gasteiger partial charge in [-0.25, -0.2) is 4.57 Å². The molecule has 1 aliphatic rings. The molecule has 13 heteroatoms. The first-order valence-corrected chi connectivity index (χ1v) is 23.6. The van der Waals surface area contributed by atoms with Gasteiger partial charge in [0.05, 0.1) is 19.8 Å². The molecule has 0 radical (unpaired) electrons. The summed E-state index contributed by atoms with van der Waals surface area (Å²) >= 11 is 0. The van der Waals surface area contributed by atoms with Crippen LogP contribution in [0, 0.1) is 0 Å². The number of hydrogen-bond donors (Lipinski definition) is 6. The van der Waals surface area contributed by atoms with Crippen LogP contribution in [0.5, 0.6) is 0 Å². The van der Waals surface area contributed by atoms with Crippen LogP contribution < -0.4 is 0 Å². The number of rotatable bonds is 35. The summed E-state index contributed by atoms with van der Waals surface area (Å²) in [6.45, 7) is 3.78. The van der Waals surface area contributed by atoms with E-state index in [1.54, 1.807) is 0 Å². The van der Waals surface area contributed by atoms with Gasteiger partial charge in [0.1, 0.15) is 42.7 Å². The lowest BCUT2D eigenvalue weighted by Crippen LogP contribution is -2.64. The summed E-state index contributed by atoms with van der Waals surface area (Å²) in [6, 6.07) is 0. The normalized spacial score (nSPS) is 23.3. The van der Waals surface area contributed by atoms with Gasteiger partial charge in [0.2, 0.25) is 0 Å². The van der Waals surface area contributed by atoms with Crippen molar-refractivity contribution in [2.45, 2.75) is 172 Å². The van der Waals surface area contributed by atoms with Gasteiger partial charge in [-0.15, -0.1) is 0 Å². The van der Waals surface area contributed by atoms with Crippen molar-refractivity contribution < 1.29 is 58.3 Å². The number of ether oxygens (including phenoxy) is 2. The van der Waals surface area contributed by atoms with Crippen LogP contribution >= 0.6 is 7.82 Å². The van der Waals surface area contributed by atoms with Crippen LogP contribution in [0.25, 0.3) is 0 Å². The van der Waals surface area contributed by atoms with Gasteiger partial charge in [0, 0.05) is 6.42 Å². The van der Waals surface area contributed by atoms with Gasteiger partial charge in [-0.2, -0.15) is 0 Å². The number of phosphoric acid groups is 1. The fourth-order valence-electron chi connectivity index (χ4n) is 6.02. The van der Waals surface area contributed by atoms with Crippen molar-refractivity contribution >= 4 is 13.8 Å². The molecule has 6 unspecified atom stereocenters. The Bertz CT molecular complexity index is 1350. The van der Waals surface area contributed by atoms with Gasteiger partial charge in [-0.1, -0.05) is 143 Å². The first kappa shape index (κ1) is 55.3. The summed E-state index contributed by atoms with van der Waals surface area (Å²) in [5, 5.41) is 50.1. The molecule has 1 saturated carbocycles. The van der Waals surface area contributed by atoms with E-state index in [0.29, 0.717) is 12.8 Å². The standard InChI is InChI=1S/C47H77O12P/c1-3-5-7-9-11-13-15-17-19-21-22-24-26-28-30-32-34-36-41(48)58-40(39-57-60(54,55)59-47-45(52)43(50)42(49)44(51)46(47)53)38-56-37-35-33-31-29-27-25-23-20-18-16-14-12-10-8-6-4-2/h5-8,11-14,17-20,25,27,31,33,40,42-47,49-53H,3-4,9-10,15-16,21-24,26,28-30,32,34-39H2,1-2H3,(H,54,55)/b7-5-,8-6-,13-11-,14-12-,19-17-,20-18-,27-25-,33-31-. The molecule has 60 heavy (non-hydrogen) atoms. The van der Waals surface area contributed by atoms with Crippen molar-refractivity contribution in [2.24, 2.45) is 0 Å². The summed E-state index contributed by atoms with van der Waals surface area (Å²) in [5.74, 6) is -0.517. The van der Waals surface area contributed by atoms with Crippen molar-refractivity contribution in [3.05, 3.63) is 97.2 Å². The van der Waals surface area contributed by atoms with Crippen LogP contribution in [0.1, 0.15) is 129 Å². The highest BCUT2D eigenvalue weighted by Crippen LogP contribution is 2.47. The van der Waals surface area contributed by atoms with Crippen molar-refractivity contribution in [2.75, 3.05) is 19.8 Å². The molecular weight excluding hydrogens is 787 g/mol. The highest BCUT2D eigenvalue weighted by Gasteiger charge is 2.51. The average molecular weight is 865 g/mol. The maximum Gasteiger partial charge on any atom is 0.472 e. The highest BCUT2D eigenvalue weighted by molar-refractivity contribution is 7.47. The van der Waals surface area contributed by atoms with E-state index in [4.69, 9.17) is 18.5 Å². The van der Waals surface area contributed by atoms with Gasteiger partial charge in [-0.05, 0) is 77.0 Å². The van der Waals surface area contributed by atoms with Crippen LogP contribution in [0.3, 0.4) is 0 Å². The van der Waals surface area contributed by atoms with Gasteiger partial charge >= 0.3 is 13.8 Å². The molecule has 1 fully saturated rings. The summed E-state index contributed by atoms with van der Waals surface area (Å²) in [7, 11) is -5.05. The summed E-state index contributed by atoms with van der Waals surface area (Å²) in [6.07, 6.45) is 37.8. The number of unbranched alkanes of at least 4 members (excludes halogenated alkanes) is 7. The minimum absolute atomic E-state index is 0.142. The predicted octanol–water partition coefficient (Wildman–Crippen LogP) is 8.75. The van der Waals surface area contributed by atoms with Crippen LogP contribution in [-0.4, -0.2) is 98.9 Å². The fraction of sp³-hybridized carbons (Fsp3) is 0.638. The third-order valence-corrected chi connectivity index (χ3v) is 10.5. The maximum atomic E-state index is 12.8. The van der Waals surface area contributed by atoms with E-state index in [2.05, 4.69) is 98.9 Å². The first-order chi connectivity index (χ1) is 29.0. The van der Waals surface area contributed by atoms with Crippen molar-refractivity contribution in [1.82, 2.24) is 0 Å². The first-order valence-electron chi connectivity index (χ1n) is 22.1. The molecule has 0 aromatic heterocycles. The van der Waals surface area contributed by atoms with Crippen LogP contribution in [-0.2, 0) is 27.9 Å². The van der Waals surface area contributed by atoms with E-state index in [9.17, 15) is 39.8 Å². The zero-order valence-corrected chi connectivity index (χ0v) is 37.1. The molecule has 6 atom stereocenters. The fourth-order valence-corrected chi connectivity index (χ4v) is 6.99. The van der Waals surface area contributed by atoms with Crippen LogP contribution in [0.15, 0.2) is 97.2 Å². The van der Waals surface area contributed by atoms with E-state index in [1.165, 1.54) is 0 Å². The van der Waals surface area contributed by atoms with E-state index in [1.807, 2.05) is 12.2 Å². The molecule has 0 aliphatic heterocycles.